The van der Waals surface area contributed by atoms with Crippen molar-refractivity contribution in [3.63, 3.8) is 0 Å². The molecule has 0 radical (unpaired) electrons. The quantitative estimate of drug-likeness (QED) is 0.395. The summed E-state index contributed by atoms with van der Waals surface area (Å²) in [7, 11) is 0. The second kappa shape index (κ2) is 11.2. The summed E-state index contributed by atoms with van der Waals surface area (Å²) >= 11 is 1.32. The molecule has 3 unspecified atom stereocenters. The van der Waals surface area contributed by atoms with Crippen LogP contribution in [0.4, 0.5) is 18.0 Å². The fourth-order valence-corrected chi connectivity index (χ4v) is 9.02. The SMILES string of the molecule is CC(=O)N1CC(OC(=O)OC2=C3C(=O)N4CCOCC4N(C4c5ccccc5-c5scc6c5-c5c4ccc(F)c5C(F)(F)C6)N3C=CC2O)C1. The number of ether oxygens (including phenoxy) is 3. The zero-order valence-electron chi connectivity index (χ0n) is 26.5. The van der Waals surface area contributed by atoms with E-state index in [0.717, 1.165) is 16.5 Å². The number of benzene rings is 2. The number of fused-ring (bicyclic) bond motifs is 4. The first-order valence-corrected chi connectivity index (χ1v) is 17.0. The van der Waals surface area contributed by atoms with E-state index in [0.29, 0.717) is 22.3 Å². The topological polar surface area (TPSA) is 112 Å². The number of thiophene rings is 1. The molecule has 3 saturated heterocycles. The first kappa shape index (κ1) is 31.3. The molecule has 3 atom stereocenters. The Morgan fingerprint density at radius 2 is 1.90 bits per heavy atom. The predicted molar refractivity (Wildman–Crippen MR) is 170 cm³/mol. The molecule has 3 aromatic rings. The Kier molecular flexibility index (Phi) is 6.98. The molecule has 1 N–H and O–H groups in total. The summed E-state index contributed by atoms with van der Waals surface area (Å²) in [5.41, 5.74) is 2.14. The summed E-state index contributed by atoms with van der Waals surface area (Å²) in [4.78, 5) is 42.6. The van der Waals surface area contributed by atoms with Crippen LogP contribution in [-0.4, -0.2) is 94.1 Å². The number of amides is 2. The fraction of sp³-hybridized carbons (Fsp3) is 0.343. The van der Waals surface area contributed by atoms with Gasteiger partial charge < -0.3 is 29.1 Å². The summed E-state index contributed by atoms with van der Waals surface area (Å²) in [5.74, 6) is -5.59. The number of hydrogen-bond acceptors (Lipinski definition) is 10. The Bertz CT molecular complexity index is 2060. The van der Waals surface area contributed by atoms with Crippen LogP contribution >= 0.6 is 11.3 Å². The second-order valence-electron chi connectivity index (χ2n) is 13.0. The van der Waals surface area contributed by atoms with E-state index >= 15 is 13.2 Å². The largest absolute Gasteiger partial charge is 0.514 e. The number of nitrogens with zero attached hydrogens (tertiary/aromatic N) is 4. The Morgan fingerprint density at radius 3 is 2.70 bits per heavy atom. The van der Waals surface area contributed by atoms with E-state index in [2.05, 4.69) is 0 Å². The highest BCUT2D eigenvalue weighted by Gasteiger charge is 2.53. The molecular weight excluding hydrogens is 677 g/mol. The first-order chi connectivity index (χ1) is 24.0. The Labute approximate surface area is 287 Å². The third-order valence-electron chi connectivity index (χ3n) is 10.2. The molecular formula is C35H29F3N4O7S. The molecule has 0 saturated carbocycles. The number of hydrazine groups is 1. The maximum Gasteiger partial charge on any atom is 0.514 e. The van der Waals surface area contributed by atoms with Gasteiger partial charge in [-0.05, 0) is 39.8 Å². The number of halogens is 3. The van der Waals surface area contributed by atoms with Crippen molar-refractivity contribution in [2.45, 2.75) is 43.7 Å². The molecule has 50 heavy (non-hydrogen) atoms. The van der Waals surface area contributed by atoms with E-state index in [-0.39, 0.29) is 55.8 Å². The average Bonchev–Trinajstić information content (AvgIpc) is 3.43. The molecule has 3 fully saturated rings. The van der Waals surface area contributed by atoms with Crippen LogP contribution in [0.5, 0.6) is 0 Å². The molecule has 1 aromatic heterocycles. The van der Waals surface area contributed by atoms with Crippen molar-refractivity contribution in [1.29, 1.82) is 0 Å². The summed E-state index contributed by atoms with van der Waals surface area (Å²) in [6.07, 6.45) is -1.91. The lowest BCUT2D eigenvalue weighted by atomic mass is 9.80. The number of alkyl halides is 2. The highest BCUT2D eigenvalue weighted by Crippen LogP contribution is 2.58. The molecule has 9 rings (SSSR count). The Morgan fingerprint density at radius 1 is 1.10 bits per heavy atom. The van der Waals surface area contributed by atoms with E-state index in [1.165, 1.54) is 51.4 Å². The van der Waals surface area contributed by atoms with Gasteiger partial charge in [-0.15, -0.1) is 11.3 Å². The van der Waals surface area contributed by atoms with E-state index in [1.807, 2.05) is 24.3 Å². The molecule has 4 aliphatic heterocycles. The number of hydrogen-bond donors (Lipinski definition) is 1. The van der Waals surface area contributed by atoms with Gasteiger partial charge in [-0.25, -0.2) is 18.0 Å². The normalized spacial score (nSPS) is 24.9. The number of aliphatic hydroxyl groups excluding tert-OH is 1. The molecule has 0 spiro atoms. The molecule has 2 aromatic carbocycles. The van der Waals surface area contributed by atoms with Crippen LogP contribution in [0.2, 0.25) is 0 Å². The van der Waals surface area contributed by atoms with Crippen LogP contribution in [0, 0.1) is 5.82 Å². The van der Waals surface area contributed by atoms with E-state index in [4.69, 9.17) is 14.2 Å². The second-order valence-corrected chi connectivity index (χ2v) is 13.9. The van der Waals surface area contributed by atoms with Crippen molar-refractivity contribution < 1.29 is 46.9 Å². The summed E-state index contributed by atoms with van der Waals surface area (Å²) in [6.45, 7) is 2.16. The van der Waals surface area contributed by atoms with Gasteiger partial charge in [0, 0.05) is 42.1 Å². The summed E-state index contributed by atoms with van der Waals surface area (Å²) in [6, 6.07) is 9.16. The molecule has 6 aliphatic rings. The van der Waals surface area contributed by atoms with Gasteiger partial charge in [0.05, 0.1) is 37.9 Å². The minimum Gasteiger partial charge on any atom is -0.427 e. The van der Waals surface area contributed by atoms with Gasteiger partial charge >= 0.3 is 6.16 Å². The maximum atomic E-state index is 15.9. The molecule has 5 heterocycles. The van der Waals surface area contributed by atoms with Crippen molar-refractivity contribution in [1.82, 2.24) is 19.8 Å². The minimum absolute atomic E-state index is 0.0454. The number of aliphatic hydroxyl groups is 1. The van der Waals surface area contributed by atoms with E-state index in [9.17, 15) is 19.5 Å². The van der Waals surface area contributed by atoms with Crippen LogP contribution in [0.15, 0.2) is 65.5 Å². The zero-order valence-corrected chi connectivity index (χ0v) is 27.3. The maximum absolute atomic E-state index is 15.9. The van der Waals surface area contributed by atoms with Gasteiger partial charge in [0.2, 0.25) is 5.91 Å². The summed E-state index contributed by atoms with van der Waals surface area (Å²) < 4.78 is 64.3. The number of carbonyl (C=O) groups is 3. The third-order valence-corrected chi connectivity index (χ3v) is 11.2. The van der Waals surface area contributed by atoms with E-state index in [1.54, 1.807) is 10.4 Å². The standard InChI is InChI=1S/C35H29F3N4O7S/c1-17(43)39-13-19(14-39)48-34(46)49-31-24(44)8-9-41-30(31)33(45)40-10-11-47-15-25(40)42(41)29-20-4-2-3-5-21(20)32-26-18(16-50-32)12-35(37,38)28-23(36)7-6-22(29)27(26)28/h2-9,16,19,24-25,29,44H,10-15H2,1H3. The lowest BCUT2D eigenvalue weighted by Crippen LogP contribution is -2.68. The number of carbonyl (C=O) groups excluding carboxylic acids is 3. The monoisotopic (exact) mass is 706 g/mol. The first-order valence-electron chi connectivity index (χ1n) is 16.1. The fourth-order valence-electron chi connectivity index (χ4n) is 7.89. The average molecular weight is 707 g/mol. The molecule has 0 bridgehead atoms. The van der Waals surface area contributed by atoms with Crippen LogP contribution in [-0.2, 0) is 36.1 Å². The number of rotatable bonds is 3. The Hall–Kier alpha value is -4.70. The lowest BCUT2D eigenvalue weighted by Gasteiger charge is -2.55. The summed E-state index contributed by atoms with van der Waals surface area (Å²) in [5, 5.41) is 16.1. The lowest BCUT2D eigenvalue weighted by molar-refractivity contribution is -0.190. The van der Waals surface area contributed by atoms with Crippen LogP contribution in [0.3, 0.4) is 0 Å². The molecule has 2 aliphatic carbocycles. The third kappa shape index (κ3) is 4.49. The van der Waals surface area contributed by atoms with Crippen LogP contribution in [0.25, 0.3) is 21.6 Å². The molecule has 2 amide bonds. The van der Waals surface area contributed by atoms with Crippen LogP contribution in [0.1, 0.15) is 35.2 Å². The van der Waals surface area contributed by atoms with Gasteiger partial charge in [0.25, 0.3) is 11.8 Å². The van der Waals surface area contributed by atoms with Gasteiger partial charge in [-0.2, -0.15) is 5.01 Å². The van der Waals surface area contributed by atoms with E-state index < -0.39 is 60.2 Å². The van der Waals surface area contributed by atoms with Crippen molar-refractivity contribution >= 4 is 29.3 Å². The minimum atomic E-state index is -3.48. The highest BCUT2D eigenvalue weighted by molar-refractivity contribution is 7.14. The van der Waals surface area contributed by atoms with Gasteiger partial charge in [0.1, 0.15) is 24.2 Å². The van der Waals surface area contributed by atoms with Crippen LogP contribution < -0.4 is 0 Å². The smallest absolute Gasteiger partial charge is 0.427 e. The predicted octanol–water partition coefficient (Wildman–Crippen LogP) is 4.47. The number of likely N-dealkylation sites (tertiary alicyclic amines) is 1. The molecule has 11 nitrogen and oxygen atoms in total. The van der Waals surface area contributed by atoms with Gasteiger partial charge in [-0.3, -0.25) is 14.6 Å². The number of morpholine rings is 1. The zero-order chi connectivity index (χ0) is 34.6. The van der Waals surface area contributed by atoms with Crippen molar-refractivity contribution in [3.05, 3.63) is 93.6 Å². The molecule has 15 heteroatoms. The van der Waals surface area contributed by atoms with Crippen molar-refractivity contribution in [3.8, 4) is 21.6 Å². The van der Waals surface area contributed by atoms with Gasteiger partial charge in [-0.1, -0.05) is 30.3 Å². The van der Waals surface area contributed by atoms with Crippen molar-refractivity contribution in [2.24, 2.45) is 0 Å². The Balaban J connectivity index is 1.21. The van der Waals surface area contributed by atoms with Crippen molar-refractivity contribution in [2.75, 3.05) is 32.8 Å². The molecule has 258 valence electrons. The highest BCUT2D eigenvalue weighted by atomic mass is 32.1. The van der Waals surface area contributed by atoms with Gasteiger partial charge in [0.15, 0.2) is 11.5 Å².